The van der Waals surface area contributed by atoms with Crippen molar-refractivity contribution in [3.05, 3.63) is 100 Å². The summed E-state index contributed by atoms with van der Waals surface area (Å²) in [4.78, 5) is 12.8. The number of nitrogens with two attached hydrogens (primary N) is 1. The number of ether oxygens (including phenoxy) is 1. The molecule has 2 aromatic carbocycles. The van der Waals surface area contributed by atoms with E-state index in [4.69, 9.17) is 10.5 Å². The van der Waals surface area contributed by atoms with E-state index in [0.29, 0.717) is 5.92 Å². The molecule has 5 heteroatoms. The molecule has 0 bridgehead atoms. The highest BCUT2D eigenvalue weighted by Gasteiger charge is 2.25. The van der Waals surface area contributed by atoms with Gasteiger partial charge in [-0.3, -0.25) is 4.79 Å². The number of hydrogen-bond donors (Lipinski definition) is 1. The SMILES string of the molecule is C/C(CC1=CCC=C(c2ccccc2C#N)C=C1)=C(\N)C1CC1.CC.CC(=O)N(C)c1ccc(OC(C)C)c(C)c1. The molecule has 0 unspecified atom stereocenters. The van der Waals surface area contributed by atoms with Crippen molar-refractivity contribution in [1.29, 1.82) is 5.26 Å². The van der Waals surface area contributed by atoms with E-state index in [2.05, 4.69) is 37.3 Å². The van der Waals surface area contributed by atoms with Gasteiger partial charge in [0.1, 0.15) is 5.75 Å². The Morgan fingerprint density at radius 3 is 2.37 bits per heavy atom. The minimum Gasteiger partial charge on any atom is -0.491 e. The zero-order valence-corrected chi connectivity index (χ0v) is 26.1. The summed E-state index contributed by atoms with van der Waals surface area (Å²) in [6, 6.07) is 15.8. The second-order valence-electron chi connectivity index (χ2n) is 10.5. The van der Waals surface area contributed by atoms with Crippen LogP contribution in [-0.4, -0.2) is 19.1 Å². The van der Waals surface area contributed by atoms with Gasteiger partial charge in [-0.05, 0) is 111 Å². The standard InChI is InChI=1S/C21H22N2.C13H19NO2.C2H6/c1-15(21(23)18-11-12-18)13-16-5-4-7-17(10-9-16)20-8-3-2-6-19(20)14-22;1-9(2)16-13-7-6-12(8-10(13)3)14(5)11(4)15;1-2/h2-3,5-10,18H,4,11-13,23H2,1H3;6-9H,1-5H3;1-2H3/b21-15+;;. The van der Waals surface area contributed by atoms with E-state index >= 15 is 0 Å². The number of nitriles is 1. The highest BCUT2D eigenvalue weighted by atomic mass is 16.5. The Morgan fingerprint density at radius 2 is 1.78 bits per heavy atom. The Labute approximate surface area is 247 Å². The maximum Gasteiger partial charge on any atom is 0.223 e. The van der Waals surface area contributed by atoms with E-state index in [9.17, 15) is 10.1 Å². The molecule has 0 aliphatic heterocycles. The number of anilines is 1. The first-order valence-corrected chi connectivity index (χ1v) is 14.6. The summed E-state index contributed by atoms with van der Waals surface area (Å²) < 4.78 is 5.64. The first-order valence-electron chi connectivity index (χ1n) is 14.6. The molecule has 0 aromatic heterocycles. The molecule has 218 valence electrons. The van der Waals surface area contributed by atoms with Gasteiger partial charge in [0.15, 0.2) is 0 Å². The maximum atomic E-state index is 11.2. The lowest BCUT2D eigenvalue weighted by Crippen LogP contribution is -2.22. The van der Waals surface area contributed by atoms with Gasteiger partial charge in [0.2, 0.25) is 5.91 Å². The number of allylic oxidation sites excluding steroid dienone is 8. The van der Waals surface area contributed by atoms with Crippen molar-refractivity contribution in [2.24, 2.45) is 11.7 Å². The van der Waals surface area contributed by atoms with Crippen molar-refractivity contribution >= 4 is 17.2 Å². The molecular formula is C36H47N3O2. The van der Waals surface area contributed by atoms with Crippen LogP contribution in [-0.2, 0) is 4.79 Å². The lowest BCUT2D eigenvalue weighted by atomic mass is 9.99. The van der Waals surface area contributed by atoms with Crippen molar-refractivity contribution in [1.82, 2.24) is 0 Å². The number of hydrogen-bond acceptors (Lipinski definition) is 4. The van der Waals surface area contributed by atoms with Crippen molar-refractivity contribution in [3.63, 3.8) is 0 Å². The first-order chi connectivity index (χ1) is 19.6. The fourth-order valence-corrected chi connectivity index (χ4v) is 4.39. The summed E-state index contributed by atoms with van der Waals surface area (Å²) in [5.74, 6) is 1.52. The van der Waals surface area contributed by atoms with E-state index in [1.807, 2.05) is 77.1 Å². The molecule has 0 radical (unpaired) electrons. The van der Waals surface area contributed by atoms with E-state index in [-0.39, 0.29) is 12.0 Å². The molecule has 0 spiro atoms. The summed E-state index contributed by atoms with van der Waals surface area (Å²) in [6.07, 6.45) is 13.2. The Kier molecular flexibility index (Phi) is 13.2. The molecule has 41 heavy (non-hydrogen) atoms. The lowest BCUT2D eigenvalue weighted by Gasteiger charge is -2.18. The molecule has 0 heterocycles. The van der Waals surface area contributed by atoms with Crippen LogP contribution in [0.3, 0.4) is 0 Å². The lowest BCUT2D eigenvalue weighted by molar-refractivity contribution is -0.116. The maximum absolute atomic E-state index is 11.2. The first kappa shape index (κ1) is 33.2. The Morgan fingerprint density at radius 1 is 1.10 bits per heavy atom. The van der Waals surface area contributed by atoms with Gasteiger partial charge in [-0.1, -0.05) is 56.4 Å². The van der Waals surface area contributed by atoms with Gasteiger partial charge in [0.05, 0.1) is 17.7 Å². The highest BCUT2D eigenvalue weighted by Crippen LogP contribution is 2.36. The quantitative estimate of drug-likeness (QED) is 0.372. The number of carbonyl (C=O) groups excluding carboxylic acids is 1. The molecular weight excluding hydrogens is 506 g/mol. The number of carbonyl (C=O) groups is 1. The number of aryl methyl sites for hydroxylation is 1. The molecule has 1 fully saturated rings. The molecule has 1 saturated carbocycles. The Hall–Kier alpha value is -4.04. The van der Waals surface area contributed by atoms with Gasteiger partial charge in [-0.25, -0.2) is 0 Å². The summed E-state index contributed by atoms with van der Waals surface area (Å²) in [7, 11) is 1.76. The second kappa shape index (κ2) is 16.3. The minimum absolute atomic E-state index is 0.0249. The molecule has 0 saturated heterocycles. The summed E-state index contributed by atoms with van der Waals surface area (Å²) in [5, 5.41) is 9.27. The van der Waals surface area contributed by atoms with Crippen LogP contribution >= 0.6 is 0 Å². The molecule has 0 atom stereocenters. The van der Waals surface area contributed by atoms with Crippen LogP contribution in [0.5, 0.6) is 5.75 Å². The molecule has 4 rings (SSSR count). The zero-order valence-electron chi connectivity index (χ0n) is 26.1. The molecule has 2 N–H and O–H groups in total. The fourth-order valence-electron chi connectivity index (χ4n) is 4.39. The van der Waals surface area contributed by atoms with E-state index in [1.54, 1.807) is 18.9 Å². The van der Waals surface area contributed by atoms with Gasteiger partial charge in [0, 0.05) is 25.4 Å². The monoisotopic (exact) mass is 553 g/mol. The third kappa shape index (κ3) is 10.1. The van der Waals surface area contributed by atoms with Crippen LogP contribution < -0.4 is 15.4 Å². The van der Waals surface area contributed by atoms with Crippen molar-refractivity contribution in [2.75, 3.05) is 11.9 Å². The fraction of sp³-hybridized carbons (Fsp3) is 0.389. The smallest absolute Gasteiger partial charge is 0.223 e. The third-order valence-electron chi connectivity index (χ3n) is 6.91. The van der Waals surface area contributed by atoms with Crippen LogP contribution in [0, 0.1) is 24.2 Å². The average Bonchev–Trinajstić information content (AvgIpc) is 3.83. The Bertz CT molecular complexity index is 1350. The van der Waals surface area contributed by atoms with E-state index < -0.39 is 0 Å². The van der Waals surface area contributed by atoms with Gasteiger partial charge in [-0.15, -0.1) is 0 Å². The third-order valence-corrected chi connectivity index (χ3v) is 6.91. The van der Waals surface area contributed by atoms with E-state index in [1.165, 1.54) is 24.0 Å². The highest BCUT2D eigenvalue weighted by molar-refractivity contribution is 5.91. The van der Waals surface area contributed by atoms with Crippen LogP contribution in [0.4, 0.5) is 5.69 Å². The van der Waals surface area contributed by atoms with Gasteiger partial charge in [0.25, 0.3) is 0 Å². The number of benzene rings is 2. The van der Waals surface area contributed by atoms with Crippen molar-refractivity contribution in [3.8, 4) is 11.8 Å². The minimum atomic E-state index is 0.0249. The number of rotatable bonds is 7. The van der Waals surface area contributed by atoms with Crippen LogP contribution in [0.25, 0.3) is 5.57 Å². The molecule has 2 aliphatic carbocycles. The van der Waals surface area contributed by atoms with Crippen molar-refractivity contribution in [2.45, 2.75) is 80.3 Å². The summed E-state index contributed by atoms with van der Waals surface area (Å²) >= 11 is 0. The van der Waals surface area contributed by atoms with E-state index in [0.717, 1.165) is 52.2 Å². The van der Waals surface area contributed by atoms with Crippen LogP contribution in [0.15, 0.2) is 83.6 Å². The predicted molar refractivity (Wildman–Crippen MR) is 173 cm³/mol. The molecule has 1 amide bonds. The summed E-state index contributed by atoms with van der Waals surface area (Å²) in [5.41, 5.74) is 14.7. The normalized spacial score (nSPS) is 14.5. The molecule has 2 aliphatic rings. The number of nitrogens with zero attached hydrogens (tertiary/aromatic N) is 2. The largest absolute Gasteiger partial charge is 0.491 e. The second-order valence-corrected chi connectivity index (χ2v) is 10.5. The zero-order chi connectivity index (χ0) is 30.5. The van der Waals surface area contributed by atoms with Crippen LogP contribution in [0.2, 0.25) is 0 Å². The topological polar surface area (TPSA) is 79.3 Å². The number of amides is 1. The Balaban J connectivity index is 0.000000288. The van der Waals surface area contributed by atoms with Gasteiger partial charge in [-0.2, -0.15) is 5.26 Å². The molecule has 2 aromatic rings. The average molecular weight is 554 g/mol. The van der Waals surface area contributed by atoms with Gasteiger partial charge >= 0.3 is 0 Å². The van der Waals surface area contributed by atoms with Gasteiger partial charge < -0.3 is 15.4 Å². The summed E-state index contributed by atoms with van der Waals surface area (Å²) in [6.45, 7) is 13.7. The van der Waals surface area contributed by atoms with Crippen molar-refractivity contribution < 1.29 is 9.53 Å². The molecule has 5 nitrogen and oxygen atoms in total. The predicted octanol–water partition coefficient (Wildman–Crippen LogP) is 8.65. The van der Waals surface area contributed by atoms with Crippen LogP contribution in [0.1, 0.15) is 83.9 Å².